The largest absolute Gasteiger partial charge is 0.286 e. The Labute approximate surface area is 114 Å². The van der Waals surface area contributed by atoms with Crippen molar-refractivity contribution in [3.8, 4) is 5.69 Å². The van der Waals surface area contributed by atoms with E-state index in [0.717, 1.165) is 23.0 Å². The Bertz CT molecular complexity index is 607. The van der Waals surface area contributed by atoms with Gasteiger partial charge in [0.2, 0.25) is 5.91 Å². The molecular formula is C13H11N3O2S. The number of thioether (sulfide) groups is 1. The molecule has 1 unspecified atom stereocenters. The van der Waals surface area contributed by atoms with Gasteiger partial charge in [0.25, 0.3) is 5.24 Å². The first-order valence-electron chi connectivity index (χ1n) is 5.83. The molecule has 0 bridgehead atoms. The number of hydrogen-bond acceptors (Lipinski definition) is 4. The summed E-state index contributed by atoms with van der Waals surface area (Å²) in [7, 11) is 0. The van der Waals surface area contributed by atoms with Crippen molar-refractivity contribution < 1.29 is 9.59 Å². The number of benzene rings is 1. The van der Waals surface area contributed by atoms with Crippen molar-refractivity contribution in [2.75, 3.05) is 0 Å². The minimum absolute atomic E-state index is 0.203. The molecule has 96 valence electrons. The van der Waals surface area contributed by atoms with Crippen LogP contribution < -0.4 is 5.32 Å². The molecular weight excluding hydrogens is 262 g/mol. The number of imide groups is 1. The normalized spacial score (nSPS) is 18.6. The van der Waals surface area contributed by atoms with E-state index in [-0.39, 0.29) is 16.4 Å². The van der Waals surface area contributed by atoms with Gasteiger partial charge in [0.1, 0.15) is 0 Å². The van der Waals surface area contributed by atoms with Crippen LogP contribution in [-0.4, -0.2) is 26.2 Å². The zero-order chi connectivity index (χ0) is 13.2. The first kappa shape index (κ1) is 12.0. The molecule has 2 amide bonds. The smallest absolute Gasteiger partial charge is 0.286 e. The minimum atomic E-state index is -0.317. The Morgan fingerprint density at radius 2 is 2.05 bits per heavy atom. The molecule has 6 heteroatoms. The Morgan fingerprint density at radius 1 is 1.26 bits per heavy atom. The van der Waals surface area contributed by atoms with Gasteiger partial charge in [0, 0.05) is 12.4 Å². The zero-order valence-corrected chi connectivity index (χ0v) is 10.8. The van der Waals surface area contributed by atoms with Crippen LogP contribution in [0.4, 0.5) is 4.79 Å². The van der Waals surface area contributed by atoms with Crippen LogP contribution in [0.1, 0.15) is 5.56 Å². The summed E-state index contributed by atoms with van der Waals surface area (Å²) in [6.07, 6.45) is 4.15. The van der Waals surface area contributed by atoms with Gasteiger partial charge < -0.3 is 0 Å². The van der Waals surface area contributed by atoms with Crippen molar-refractivity contribution in [2.24, 2.45) is 0 Å². The number of aromatic nitrogens is 2. The second-order valence-corrected chi connectivity index (χ2v) is 5.38. The number of carbonyl (C=O) groups excluding carboxylic acids is 2. The second kappa shape index (κ2) is 4.89. The van der Waals surface area contributed by atoms with Gasteiger partial charge in [-0.05, 0) is 30.2 Å². The molecule has 0 radical (unpaired) electrons. The number of hydrogen-bond donors (Lipinski definition) is 1. The third-order valence-electron chi connectivity index (χ3n) is 2.89. The molecule has 2 aromatic rings. The van der Waals surface area contributed by atoms with Crippen molar-refractivity contribution in [3.05, 3.63) is 48.3 Å². The van der Waals surface area contributed by atoms with E-state index in [1.807, 2.05) is 36.5 Å². The average molecular weight is 273 g/mol. The molecule has 19 heavy (non-hydrogen) atoms. The number of amides is 2. The third-order valence-corrected chi connectivity index (χ3v) is 3.87. The van der Waals surface area contributed by atoms with Crippen LogP contribution in [-0.2, 0) is 11.2 Å². The summed E-state index contributed by atoms with van der Waals surface area (Å²) in [5.41, 5.74) is 1.99. The Kier molecular flexibility index (Phi) is 3.08. The lowest BCUT2D eigenvalue weighted by atomic mass is 10.1. The van der Waals surface area contributed by atoms with Crippen LogP contribution in [0.5, 0.6) is 0 Å². The SMILES string of the molecule is O=C1NC(=O)C(Cc2ccc(-n3cccn3)cc2)S1. The monoisotopic (exact) mass is 273 g/mol. The Morgan fingerprint density at radius 3 is 2.63 bits per heavy atom. The molecule has 0 saturated carbocycles. The molecule has 1 saturated heterocycles. The molecule has 1 N–H and O–H groups in total. The molecule has 0 spiro atoms. The van der Waals surface area contributed by atoms with Crippen LogP contribution in [0.3, 0.4) is 0 Å². The highest BCUT2D eigenvalue weighted by Gasteiger charge is 2.31. The predicted octanol–water partition coefficient (Wildman–Crippen LogP) is 1.77. The van der Waals surface area contributed by atoms with Gasteiger partial charge in [-0.2, -0.15) is 5.10 Å². The van der Waals surface area contributed by atoms with Gasteiger partial charge in [-0.15, -0.1) is 0 Å². The van der Waals surface area contributed by atoms with Gasteiger partial charge >= 0.3 is 0 Å². The van der Waals surface area contributed by atoms with E-state index < -0.39 is 0 Å². The molecule has 1 aromatic heterocycles. The fourth-order valence-corrected chi connectivity index (χ4v) is 2.81. The fraction of sp³-hybridized carbons (Fsp3) is 0.154. The van der Waals surface area contributed by atoms with Crippen molar-refractivity contribution in [2.45, 2.75) is 11.7 Å². The molecule has 5 nitrogen and oxygen atoms in total. The highest BCUT2D eigenvalue weighted by molar-refractivity contribution is 8.15. The Balaban J connectivity index is 1.73. The first-order valence-corrected chi connectivity index (χ1v) is 6.71. The van der Waals surface area contributed by atoms with Crippen LogP contribution in [0.2, 0.25) is 0 Å². The van der Waals surface area contributed by atoms with E-state index in [2.05, 4.69) is 10.4 Å². The average Bonchev–Trinajstić information content (AvgIpc) is 3.01. The quantitative estimate of drug-likeness (QED) is 0.925. The molecule has 2 heterocycles. The maximum absolute atomic E-state index is 11.5. The maximum atomic E-state index is 11.5. The summed E-state index contributed by atoms with van der Waals surface area (Å²) in [6.45, 7) is 0. The number of nitrogens with zero attached hydrogens (tertiary/aromatic N) is 2. The van der Waals surface area contributed by atoms with Crippen molar-refractivity contribution in [3.63, 3.8) is 0 Å². The molecule has 1 atom stereocenters. The van der Waals surface area contributed by atoms with E-state index in [0.29, 0.717) is 6.42 Å². The summed E-state index contributed by atoms with van der Waals surface area (Å²) < 4.78 is 1.77. The van der Waals surface area contributed by atoms with Crippen molar-refractivity contribution in [1.29, 1.82) is 0 Å². The summed E-state index contributed by atoms with van der Waals surface area (Å²) in [5, 5.41) is 5.86. The zero-order valence-electron chi connectivity index (χ0n) is 9.95. The van der Waals surface area contributed by atoms with E-state index >= 15 is 0 Å². The Hall–Kier alpha value is -2.08. The molecule has 1 aliphatic heterocycles. The predicted molar refractivity (Wildman–Crippen MR) is 72.2 cm³/mol. The maximum Gasteiger partial charge on any atom is 0.286 e. The van der Waals surface area contributed by atoms with Gasteiger partial charge in [-0.3, -0.25) is 14.9 Å². The van der Waals surface area contributed by atoms with E-state index in [9.17, 15) is 9.59 Å². The van der Waals surface area contributed by atoms with Crippen LogP contribution in [0.25, 0.3) is 5.69 Å². The topological polar surface area (TPSA) is 64.0 Å². The lowest BCUT2D eigenvalue weighted by molar-refractivity contribution is -0.118. The summed E-state index contributed by atoms with van der Waals surface area (Å²) in [5.74, 6) is -0.203. The van der Waals surface area contributed by atoms with Crippen LogP contribution in [0, 0.1) is 0 Å². The third kappa shape index (κ3) is 2.53. The van der Waals surface area contributed by atoms with Crippen molar-refractivity contribution >= 4 is 22.9 Å². The lowest BCUT2D eigenvalue weighted by Gasteiger charge is -2.06. The minimum Gasteiger partial charge on any atom is -0.286 e. The van der Waals surface area contributed by atoms with E-state index in [4.69, 9.17) is 0 Å². The van der Waals surface area contributed by atoms with Gasteiger partial charge in [-0.25, -0.2) is 4.68 Å². The molecule has 0 aliphatic carbocycles. The van der Waals surface area contributed by atoms with Crippen LogP contribution in [0.15, 0.2) is 42.7 Å². The lowest BCUT2D eigenvalue weighted by Crippen LogP contribution is -2.25. The van der Waals surface area contributed by atoms with Gasteiger partial charge in [0.15, 0.2) is 0 Å². The molecule has 1 aromatic carbocycles. The highest BCUT2D eigenvalue weighted by Crippen LogP contribution is 2.23. The van der Waals surface area contributed by atoms with Gasteiger partial charge in [-0.1, -0.05) is 23.9 Å². The van der Waals surface area contributed by atoms with Crippen molar-refractivity contribution in [1.82, 2.24) is 15.1 Å². The fourth-order valence-electron chi connectivity index (χ4n) is 1.95. The molecule has 1 fully saturated rings. The number of nitrogens with one attached hydrogen (secondary N) is 1. The highest BCUT2D eigenvalue weighted by atomic mass is 32.2. The summed E-state index contributed by atoms with van der Waals surface area (Å²) in [6, 6.07) is 9.66. The van der Waals surface area contributed by atoms with Gasteiger partial charge in [0.05, 0.1) is 10.9 Å². The van der Waals surface area contributed by atoms with E-state index in [1.54, 1.807) is 10.9 Å². The summed E-state index contributed by atoms with van der Waals surface area (Å²) in [4.78, 5) is 22.6. The molecule has 1 aliphatic rings. The number of carbonyl (C=O) groups is 2. The molecule has 3 rings (SSSR count). The second-order valence-electron chi connectivity index (χ2n) is 4.20. The van der Waals surface area contributed by atoms with Crippen LogP contribution >= 0.6 is 11.8 Å². The van der Waals surface area contributed by atoms with E-state index in [1.165, 1.54) is 0 Å². The standard InChI is InChI=1S/C13H11N3O2S/c17-12-11(19-13(18)15-12)8-9-2-4-10(5-3-9)16-7-1-6-14-16/h1-7,11H,8H2,(H,15,17,18). The summed E-state index contributed by atoms with van der Waals surface area (Å²) >= 11 is 1.05. The first-order chi connectivity index (χ1) is 9.22. The number of rotatable bonds is 3.